The van der Waals surface area contributed by atoms with Crippen LogP contribution in [0.1, 0.15) is 5.56 Å². The average molecular weight is 237 g/mol. The molecule has 1 aliphatic rings. The zero-order chi connectivity index (χ0) is 12.4. The molecule has 1 aliphatic heterocycles. The lowest BCUT2D eigenvalue weighted by atomic mass is 10.1. The predicted octanol–water partition coefficient (Wildman–Crippen LogP) is 0.746. The molecule has 1 aromatic rings. The molecule has 92 valence electrons. The van der Waals surface area contributed by atoms with Gasteiger partial charge in [-0.15, -0.1) is 0 Å². The summed E-state index contributed by atoms with van der Waals surface area (Å²) >= 11 is 0. The van der Waals surface area contributed by atoms with E-state index in [4.69, 9.17) is 10.5 Å². The minimum Gasteiger partial charge on any atom is -0.496 e. The van der Waals surface area contributed by atoms with E-state index in [1.807, 2.05) is 6.07 Å². The van der Waals surface area contributed by atoms with Gasteiger partial charge in [-0.1, -0.05) is 0 Å². The zero-order valence-electron chi connectivity index (χ0n) is 9.63. The van der Waals surface area contributed by atoms with Gasteiger partial charge in [0.05, 0.1) is 18.1 Å². The Morgan fingerprint density at radius 3 is 2.76 bits per heavy atom. The SMILES string of the molecule is COc1cc(CN2CC(N)C2)cc([N+](=O)[O-])c1. The second-order valence-corrected chi connectivity index (χ2v) is 4.25. The van der Waals surface area contributed by atoms with Crippen LogP contribution in [0, 0.1) is 10.1 Å². The van der Waals surface area contributed by atoms with Gasteiger partial charge < -0.3 is 10.5 Å². The van der Waals surface area contributed by atoms with Gasteiger partial charge in [0.15, 0.2) is 0 Å². The Kier molecular flexibility index (Phi) is 3.26. The Morgan fingerprint density at radius 2 is 2.24 bits per heavy atom. The van der Waals surface area contributed by atoms with Crippen molar-refractivity contribution < 1.29 is 9.66 Å². The standard InChI is InChI=1S/C11H15N3O3/c1-17-11-3-8(2-10(4-11)14(15)16)5-13-6-9(12)7-13/h2-4,9H,5-7,12H2,1H3. The van der Waals surface area contributed by atoms with Crippen molar-refractivity contribution in [3.8, 4) is 5.75 Å². The van der Waals surface area contributed by atoms with Gasteiger partial charge in [-0.25, -0.2) is 0 Å². The highest BCUT2D eigenvalue weighted by molar-refractivity contribution is 5.42. The van der Waals surface area contributed by atoms with Crippen LogP contribution in [0.15, 0.2) is 18.2 Å². The van der Waals surface area contributed by atoms with Crippen LogP contribution < -0.4 is 10.5 Å². The molecule has 17 heavy (non-hydrogen) atoms. The van der Waals surface area contributed by atoms with Crippen LogP contribution in [0.3, 0.4) is 0 Å². The van der Waals surface area contributed by atoms with Crippen LogP contribution in [-0.4, -0.2) is 36.1 Å². The van der Waals surface area contributed by atoms with Crippen molar-refractivity contribution in [3.63, 3.8) is 0 Å². The van der Waals surface area contributed by atoms with E-state index in [0.29, 0.717) is 12.3 Å². The van der Waals surface area contributed by atoms with Gasteiger partial charge in [0, 0.05) is 31.7 Å². The van der Waals surface area contributed by atoms with Crippen molar-refractivity contribution in [1.82, 2.24) is 4.90 Å². The summed E-state index contributed by atoms with van der Waals surface area (Å²) in [5.74, 6) is 0.513. The number of likely N-dealkylation sites (tertiary alicyclic amines) is 1. The van der Waals surface area contributed by atoms with Crippen molar-refractivity contribution >= 4 is 5.69 Å². The molecule has 0 bridgehead atoms. The number of nitro groups is 1. The molecule has 1 fully saturated rings. The van der Waals surface area contributed by atoms with Crippen molar-refractivity contribution in [1.29, 1.82) is 0 Å². The van der Waals surface area contributed by atoms with Gasteiger partial charge in [0.25, 0.3) is 5.69 Å². The second-order valence-electron chi connectivity index (χ2n) is 4.25. The summed E-state index contributed by atoms with van der Waals surface area (Å²) in [6.45, 7) is 2.35. The summed E-state index contributed by atoms with van der Waals surface area (Å²) in [7, 11) is 1.50. The Hall–Kier alpha value is -1.66. The summed E-state index contributed by atoms with van der Waals surface area (Å²) in [6, 6.07) is 5.05. The molecular formula is C11H15N3O3. The van der Waals surface area contributed by atoms with E-state index in [9.17, 15) is 10.1 Å². The molecule has 0 aliphatic carbocycles. The first-order valence-corrected chi connectivity index (χ1v) is 5.39. The van der Waals surface area contributed by atoms with E-state index in [0.717, 1.165) is 18.7 Å². The number of rotatable bonds is 4. The fraction of sp³-hybridized carbons (Fsp3) is 0.455. The largest absolute Gasteiger partial charge is 0.496 e. The summed E-state index contributed by atoms with van der Waals surface area (Å²) in [5.41, 5.74) is 6.62. The van der Waals surface area contributed by atoms with Gasteiger partial charge in [-0.2, -0.15) is 0 Å². The third-order valence-electron chi connectivity index (χ3n) is 2.79. The first-order chi connectivity index (χ1) is 8.08. The fourth-order valence-electron chi connectivity index (χ4n) is 1.96. The molecule has 1 saturated heterocycles. The molecule has 2 N–H and O–H groups in total. The molecule has 0 spiro atoms. The maximum atomic E-state index is 10.8. The molecular weight excluding hydrogens is 222 g/mol. The maximum Gasteiger partial charge on any atom is 0.273 e. The van der Waals surface area contributed by atoms with Gasteiger partial charge >= 0.3 is 0 Å². The average Bonchev–Trinajstić information content (AvgIpc) is 2.26. The zero-order valence-corrected chi connectivity index (χ0v) is 9.63. The molecule has 1 heterocycles. The van der Waals surface area contributed by atoms with E-state index >= 15 is 0 Å². The molecule has 0 saturated carbocycles. The van der Waals surface area contributed by atoms with E-state index in [-0.39, 0.29) is 11.7 Å². The fourth-order valence-corrected chi connectivity index (χ4v) is 1.96. The molecule has 1 aromatic carbocycles. The number of non-ortho nitro benzene ring substituents is 1. The quantitative estimate of drug-likeness (QED) is 0.617. The minimum atomic E-state index is -0.409. The Morgan fingerprint density at radius 1 is 1.53 bits per heavy atom. The van der Waals surface area contributed by atoms with Gasteiger partial charge in [-0.3, -0.25) is 15.0 Å². The molecule has 0 atom stereocenters. The van der Waals surface area contributed by atoms with E-state index in [2.05, 4.69) is 4.90 Å². The Balaban J connectivity index is 2.15. The lowest BCUT2D eigenvalue weighted by Gasteiger charge is -2.36. The van der Waals surface area contributed by atoms with E-state index in [1.54, 1.807) is 6.07 Å². The number of ether oxygens (including phenoxy) is 1. The number of hydrogen-bond acceptors (Lipinski definition) is 5. The monoisotopic (exact) mass is 237 g/mol. The lowest BCUT2D eigenvalue weighted by molar-refractivity contribution is -0.385. The molecule has 2 rings (SSSR count). The summed E-state index contributed by atoms with van der Waals surface area (Å²) in [4.78, 5) is 12.5. The summed E-state index contributed by atoms with van der Waals surface area (Å²) in [6.07, 6.45) is 0. The van der Waals surface area contributed by atoms with Crippen molar-refractivity contribution in [2.24, 2.45) is 5.73 Å². The number of nitrogens with two attached hydrogens (primary N) is 1. The molecule has 0 aromatic heterocycles. The third kappa shape index (κ3) is 2.72. The number of hydrogen-bond donors (Lipinski definition) is 1. The Labute approximate surface area is 99.1 Å². The number of benzene rings is 1. The topological polar surface area (TPSA) is 81.6 Å². The van der Waals surface area contributed by atoms with Crippen molar-refractivity contribution in [2.45, 2.75) is 12.6 Å². The first-order valence-electron chi connectivity index (χ1n) is 5.39. The smallest absolute Gasteiger partial charge is 0.273 e. The molecule has 0 radical (unpaired) electrons. The molecule has 0 unspecified atom stereocenters. The highest BCUT2D eigenvalue weighted by atomic mass is 16.6. The van der Waals surface area contributed by atoms with E-state index < -0.39 is 4.92 Å². The van der Waals surface area contributed by atoms with Crippen LogP contribution in [0.4, 0.5) is 5.69 Å². The van der Waals surface area contributed by atoms with Crippen LogP contribution in [0.5, 0.6) is 5.75 Å². The lowest BCUT2D eigenvalue weighted by Crippen LogP contribution is -2.54. The molecule has 6 heteroatoms. The first kappa shape index (κ1) is 11.8. The van der Waals surface area contributed by atoms with Gasteiger partial charge in [-0.05, 0) is 11.6 Å². The van der Waals surface area contributed by atoms with Crippen LogP contribution in [0.2, 0.25) is 0 Å². The Bertz CT molecular complexity index is 430. The second kappa shape index (κ2) is 4.68. The van der Waals surface area contributed by atoms with Crippen LogP contribution >= 0.6 is 0 Å². The number of nitrogens with zero attached hydrogens (tertiary/aromatic N) is 2. The van der Waals surface area contributed by atoms with Crippen LogP contribution in [-0.2, 0) is 6.54 Å². The maximum absolute atomic E-state index is 10.8. The predicted molar refractivity (Wildman–Crippen MR) is 62.9 cm³/mol. The van der Waals surface area contributed by atoms with Crippen molar-refractivity contribution in [3.05, 3.63) is 33.9 Å². The molecule has 6 nitrogen and oxygen atoms in total. The van der Waals surface area contributed by atoms with Crippen molar-refractivity contribution in [2.75, 3.05) is 20.2 Å². The molecule has 0 amide bonds. The summed E-state index contributed by atoms with van der Waals surface area (Å²) < 4.78 is 5.05. The van der Waals surface area contributed by atoms with Gasteiger partial charge in [0.1, 0.15) is 5.75 Å². The normalized spacial score (nSPS) is 16.6. The highest BCUT2D eigenvalue weighted by Crippen LogP contribution is 2.24. The van der Waals surface area contributed by atoms with Gasteiger partial charge in [0.2, 0.25) is 0 Å². The van der Waals surface area contributed by atoms with E-state index in [1.165, 1.54) is 13.2 Å². The summed E-state index contributed by atoms with van der Waals surface area (Å²) in [5, 5.41) is 10.8. The minimum absolute atomic E-state index is 0.0594. The number of nitro benzene ring substituents is 1. The highest BCUT2D eigenvalue weighted by Gasteiger charge is 2.23. The third-order valence-corrected chi connectivity index (χ3v) is 2.79. The van der Waals surface area contributed by atoms with Crippen LogP contribution in [0.25, 0.3) is 0 Å². The number of methoxy groups -OCH3 is 1.